The number of amides is 1. The highest BCUT2D eigenvalue weighted by atomic mass is 16.3. The fraction of sp³-hybridized carbons (Fsp3) is 0.667. The minimum absolute atomic E-state index is 0.145. The lowest BCUT2D eigenvalue weighted by Crippen LogP contribution is -2.43. The highest BCUT2D eigenvalue weighted by molar-refractivity contribution is 5.94. The van der Waals surface area contributed by atoms with Crippen LogP contribution >= 0.6 is 0 Å². The predicted molar refractivity (Wildman–Crippen MR) is 78.5 cm³/mol. The third-order valence-electron chi connectivity index (χ3n) is 3.48. The standard InChI is InChI=1S/C15H25N3O2/c1-9(2)13(19)15(5,6)8-17-14(20)12-7-16-11(4)18-10(12)3/h7,9,13,19H,8H2,1-6H3,(H,17,20). The average Bonchev–Trinajstić information content (AvgIpc) is 2.35. The van der Waals surface area contributed by atoms with E-state index in [0.717, 1.165) is 0 Å². The van der Waals surface area contributed by atoms with Crippen molar-refractivity contribution in [2.24, 2.45) is 11.3 Å². The third kappa shape index (κ3) is 4.00. The van der Waals surface area contributed by atoms with E-state index >= 15 is 0 Å². The van der Waals surface area contributed by atoms with Crippen LogP contribution in [0.4, 0.5) is 0 Å². The van der Waals surface area contributed by atoms with E-state index < -0.39 is 6.10 Å². The Morgan fingerprint density at radius 3 is 2.50 bits per heavy atom. The zero-order chi connectivity index (χ0) is 15.5. The molecule has 0 bridgehead atoms. The van der Waals surface area contributed by atoms with E-state index in [2.05, 4.69) is 15.3 Å². The molecule has 0 saturated carbocycles. The van der Waals surface area contributed by atoms with Crippen LogP contribution in [0.1, 0.15) is 49.6 Å². The Labute approximate surface area is 120 Å². The van der Waals surface area contributed by atoms with Crippen molar-refractivity contribution in [2.45, 2.75) is 47.6 Å². The van der Waals surface area contributed by atoms with Crippen molar-refractivity contribution in [3.05, 3.63) is 23.3 Å². The van der Waals surface area contributed by atoms with Crippen molar-refractivity contribution in [1.29, 1.82) is 0 Å². The van der Waals surface area contributed by atoms with Gasteiger partial charge in [-0.1, -0.05) is 27.7 Å². The molecule has 0 aliphatic heterocycles. The molecule has 20 heavy (non-hydrogen) atoms. The largest absolute Gasteiger partial charge is 0.392 e. The maximum absolute atomic E-state index is 12.1. The first kappa shape index (κ1) is 16.6. The van der Waals surface area contributed by atoms with Crippen molar-refractivity contribution >= 4 is 5.91 Å². The van der Waals surface area contributed by atoms with E-state index in [1.165, 1.54) is 0 Å². The van der Waals surface area contributed by atoms with Crippen molar-refractivity contribution in [2.75, 3.05) is 6.54 Å². The summed E-state index contributed by atoms with van der Waals surface area (Å²) in [6, 6.07) is 0. The zero-order valence-electron chi connectivity index (χ0n) is 13.2. The predicted octanol–water partition coefficient (Wildman–Crippen LogP) is 1.87. The summed E-state index contributed by atoms with van der Waals surface area (Å²) in [5.74, 6) is 0.590. The summed E-state index contributed by atoms with van der Waals surface area (Å²) in [7, 11) is 0. The lowest BCUT2D eigenvalue weighted by molar-refractivity contribution is 0.0138. The molecule has 0 aromatic carbocycles. The fourth-order valence-electron chi connectivity index (χ4n) is 2.22. The number of nitrogens with one attached hydrogen (secondary N) is 1. The van der Waals surface area contributed by atoms with Gasteiger partial charge in [0.2, 0.25) is 0 Å². The smallest absolute Gasteiger partial charge is 0.254 e. The Morgan fingerprint density at radius 2 is 2.00 bits per heavy atom. The average molecular weight is 279 g/mol. The molecular weight excluding hydrogens is 254 g/mol. The highest BCUT2D eigenvalue weighted by Gasteiger charge is 2.30. The molecule has 1 unspecified atom stereocenters. The molecule has 1 aromatic heterocycles. The number of hydrogen-bond donors (Lipinski definition) is 2. The Bertz CT molecular complexity index is 484. The Hall–Kier alpha value is -1.49. The number of carbonyl (C=O) groups excluding carboxylic acids is 1. The van der Waals surface area contributed by atoms with Crippen LogP contribution in [0.15, 0.2) is 6.20 Å². The van der Waals surface area contributed by atoms with Crippen LogP contribution < -0.4 is 5.32 Å². The van der Waals surface area contributed by atoms with Crippen molar-refractivity contribution in [3.8, 4) is 0 Å². The van der Waals surface area contributed by atoms with Gasteiger partial charge in [-0.05, 0) is 19.8 Å². The van der Waals surface area contributed by atoms with Gasteiger partial charge in [-0.2, -0.15) is 0 Å². The maximum atomic E-state index is 12.1. The van der Waals surface area contributed by atoms with E-state index in [4.69, 9.17) is 0 Å². The normalized spacial score (nSPS) is 13.4. The fourth-order valence-corrected chi connectivity index (χ4v) is 2.22. The number of aryl methyl sites for hydroxylation is 2. The van der Waals surface area contributed by atoms with Gasteiger partial charge in [0.25, 0.3) is 5.91 Å². The molecule has 5 heteroatoms. The summed E-state index contributed by atoms with van der Waals surface area (Å²) in [6.45, 7) is 11.8. The first-order valence-electron chi connectivity index (χ1n) is 6.91. The number of aliphatic hydroxyl groups is 1. The van der Waals surface area contributed by atoms with E-state index in [-0.39, 0.29) is 17.2 Å². The monoisotopic (exact) mass is 279 g/mol. The molecule has 1 atom stereocenters. The quantitative estimate of drug-likeness (QED) is 0.862. The van der Waals surface area contributed by atoms with Crippen molar-refractivity contribution in [3.63, 3.8) is 0 Å². The van der Waals surface area contributed by atoms with Gasteiger partial charge < -0.3 is 10.4 Å². The van der Waals surface area contributed by atoms with Crippen LogP contribution in [0.5, 0.6) is 0 Å². The first-order chi connectivity index (χ1) is 9.15. The number of aliphatic hydroxyl groups excluding tert-OH is 1. The summed E-state index contributed by atoms with van der Waals surface area (Å²) in [5, 5.41) is 13.0. The molecule has 0 radical (unpaired) electrons. The molecule has 1 amide bonds. The van der Waals surface area contributed by atoms with Gasteiger partial charge in [0.1, 0.15) is 5.82 Å². The molecule has 0 aliphatic rings. The van der Waals surface area contributed by atoms with Crippen LogP contribution in [0.3, 0.4) is 0 Å². The van der Waals surface area contributed by atoms with Crippen molar-refractivity contribution in [1.82, 2.24) is 15.3 Å². The zero-order valence-corrected chi connectivity index (χ0v) is 13.2. The van der Waals surface area contributed by atoms with E-state index in [0.29, 0.717) is 23.6 Å². The second-order valence-electron chi connectivity index (χ2n) is 6.28. The number of hydrogen-bond acceptors (Lipinski definition) is 4. The first-order valence-corrected chi connectivity index (χ1v) is 6.91. The second kappa shape index (κ2) is 6.31. The Kier molecular flexibility index (Phi) is 5.22. The van der Waals surface area contributed by atoms with Gasteiger partial charge in [-0.3, -0.25) is 4.79 Å². The molecule has 112 valence electrons. The molecule has 0 aliphatic carbocycles. The second-order valence-corrected chi connectivity index (χ2v) is 6.28. The van der Waals surface area contributed by atoms with Crippen LogP contribution in [0, 0.1) is 25.2 Å². The molecular formula is C15H25N3O2. The minimum atomic E-state index is -0.474. The van der Waals surface area contributed by atoms with Crippen LogP contribution in [0.25, 0.3) is 0 Å². The summed E-state index contributed by atoms with van der Waals surface area (Å²) in [6.07, 6.45) is 1.07. The number of nitrogens with zero attached hydrogens (tertiary/aromatic N) is 2. The van der Waals surface area contributed by atoms with Gasteiger partial charge in [0.15, 0.2) is 0 Å². The third-order valence-corrected chi connectivity index (χ3v) is 3.48. The summed E-state index contributed by atoms with van der Waals surface area (Å²) in [5.41, 5.74) is 0.756. The molecule has 0 fully saturated rings. The van der Waals surface area contributed by atoms with Crippen LogP contribution in [-0.2, 0) is 0 Å². The summed E-state index contributed by atoms with van der Waals surface area (Å²) >= 11 is 0. The highest BCUT2D eigenvalue weighted by Crippen LogP contribution is 2.25. The number of carbonyl (C=O) groups is 1. The SMILES string of the molecule is Cc1ncc(C(=O)NCC(C)(C)C(O)C(C)C)c(C)n1. The number of rotatable bonds is 5. The lowest BCUT2D eigenvalue weighted by atomic mass is 9.80. The maximum Gasteiger partial charge on any atom is 0.254 e. The summed E-state index contributed by atoms with van der Waals surface area (Å²) in [4.78, 5) is 20.4. The Balaban J connectivity index is 2.72. The molecule has 1 aromatic rings. The van der Waals surface area contributed by atoms with Gasteiger partial charge >= 0.3 is 0 Å². The lowest BCUT2D eigenvalue weighted by Gasteiger charge is -2.33. The molecule has 0 saturated heterocycles. The molecule has 1 rings (SSSR count). The van der Waals surface area contributed by atoms with Crippen LogP contribution in [0.2, 0.25) is 0 Å². The molecule has 5 nitrogen and oxygen atoms in total. The number of aromatic nitrogens is 2. The van der Waals surface area contributed by atoms with Gasteiger partial charge in [0, 0.05) is 18.2 Å². The summed E-state index contributed by atoms with van der Waals surface area (Å²) < 4.78 is 0. The molecule has 1 heterocycles. The topological polar surface area (TPSA) is 75.1 Å². The van der Waals surface area contributed by atoms with E-state index in [9.17, 15) is 9.90 Å². The van der Waals surface area contributed by atoms with Gasteiger partial charge in [0.05, 0.1) is 17.4 Å². The molecule has 2 N–H and O–H groups in total. The Morgan fingerprint density at radius 1 is 1.40 bits per heavy atom. The van der Waals surface area contributed by atoms with E-state index in [1.807, 2.05) is 27.7 Å². The molecule has 0 spiro atoms. The van der Waals surface area contributed by atoms with Crippen molar-refractivity contribution < 1.29 is 9.90 Å². The minimum Gasteiger partial charge on any atom is -0.392 e. The van der Waals surface area contributed by atoms with Gasteiger partial charge in [-0.25, -0.2) is 9.97 Å². The van der Waals surface area contributed by atoms with Crippen LogP contribution in [-0.4, -0.2) is 33.6 Å². The van der Waals surface area contributed by atoms with Gasteiger partial charge in [-0.15, -0.1) is 0 Å². The van der Waals surface area contributed by atoms with E-state index in [1.54, 1.807) is 20.0 Å².